The molecule has 2 aliphatic rings. The molecule has 0 spiro atoms. The molecule has 2 N–H and O–H groups in total. The van der Waals surface area contributed by atoms with E-state index in [0.717, 1.165) is 61.7 Å². The van der Waals surface area contributed by atoms with Crippen LogP contribution in [0.2, 0.25) is 0 Å². The van der Waals surface area contributed by atoms with E-state index in [1.165, 1.54) is 40.0 Å². The number of ether oxygens (including phenoxy) is 2. The smallest absolute Gasteiger partial charge is 0.279 e. The summed E-state index contributed by atoms with van der Waals surface area (Å²) in [4.78, 5) is 16.6. The molecule has 1 aliphatic heterocycles. The molecule has 0 aromatic carbocycles. The summed E-state index contributed by atoms with van der Waals surface area (Å²) in [6, 6.07) is 0. The standard InChI is InChI=1S/C20H25N5O2S/c1-26-9-6-21-18-17-16(22-12-23-18)15-13-4-2-3-5-14(13)19(24-20(15)28-17)25-7-10-27-11-8-25/h12H,2-11H2,1H3,(H,21,22,23)/p+1. The topological polar surface area (TPSA) is 73.7 Å². The molecular weight excluding hydrogens is 374 g/mol. The lowest BCUT2D eigenvalue weighted by molar-refractivity contribution is -0.328. The number of nitrogens with zero attached hydrogens (tertiary/aromatic N) is 3. The number of hydrogen-bond acceptors (Lipinski definition) is 7. The predicted octanol–water partition coefficient (Wildman–Crippen LogP) is 2.43. The summed E-state index contributed by atoms with van der Waals surface area (Å²) in [5.41, 5.74) is 4.03. The molecule has 3 aromatic heterocycles. The van der Waals surface area contributed by atoms with E-state index in [1.807, 2.05) is 0 Å². The van der Waals surface area contributed by atoms with E-state index < -0.39 is 0 Å². The van der Waals surface area contributed by atoms with Crippen LogP contribution >= 0.6 is 11.3 Å². The number of fused-ring (bicyclic) bond motifs is 5. The summed E-state index contributed by atoms with van der Waals surface area (Å²) in [6.45, 7) is 4.88. The molecule has 0 amide bonds. The Bertz CT molecular complexity index is 999. The number of aryl methyl sites for hydroxylation is 1. The van der Waals surface area contributed by atoms with E-state index in [1.54, 1.807) is 24.8 Å². The number of H-pyrrole nitrogens is 1. The van der Waals surface area contributed by atoms with Crippen molar-refractivity contribution in [2.45, 2.75) is 25.7 Å². The van der Waals surface area contributed by atoms with E-state index in [9.17, 15) is 0 Å². The van der Waals surface area contributed by atoms with Crippen molar-refractivity contribution in [2.75, 3.05) is 56.8 Å². The number of thiophene rings is 1. The van der Waals surface area contributed by atoms with Crippen LogP contribution < -0.4 is 15.2 Å². The van der Waals surface area contributed by atoms with Gasteiger partial charge in [0.05, 0.1) is 30.7 Å². The average Bonchev–Trinajstić information content (AvgIpc) is 3.14. The molecule has 1 fully saturated rings. The number of hydrogen-bond donors (Lipinski definition) is 1. The fourth-order valence-corrected chi connectivity index (χ4v) is 5.50. The average molecular weight is 401 g/mol. The van der Waals surface area contributed by atoms with Gasteiger partial charge >= 0.3 is 0 Å². The molecule has 0 saturated carbocycles. The van der Waals surface area contributed by atoms with Crippen molar-refractivity contribution in [3.8, 4) is 0 Å². The number of nitrogens with one attached hydrogen (secondary N) is 2. The van der Waals surface area contributed by atoms with Gasteiger partial charge in [-0.15, -0.1) is 0 Å². The zero-order valence-electron chi connectivity index (χ0n) is 16.2. The van der Waals surface area contributed by atoms with E-state index in [-0.39, 0.29) is 0 Å². The Balaban J connectivity index is 1.68. The lowest BCUT2D eigenvalue weighted by Gasteiger charge is -2.25. The minimum Gasteiger partial charge on any atom is -0.383 e. The van der Waals surface area contributed by atoms with Crippen LogP contribution in [-0.2, 0) is 22.3 Å². The van der Waals surface area contributed by atoms with Gasteiger partial charge in [-0.2, -0.15) is 0 Å². The summed E-state index contributed by atoms with van der Waals surface area (Å²) >= 11 is 1.76. The highest BCUT2D eigenvalue weighted by molar-refractivity contribution is 7.25. The van der Waals surface area contributed by atoms with Crippen LogP contribution in [0.1, 0.15) is 24.0 Å². The molecule has 5 rings (SSSR count). The molecule has 148 valence electrons. The first-order valence-corrected chi connectivity index (χ1v) is 10.9. The van der Waals surface area contributed by atoms with Crippen LogP contribution in [0.3, 0.4) is 0 Å². The zero-order valence-corrected chi connectivity index (χ0v) is 17.0. The van der Waals surface area contributed by atoms with Crippen molar-refractivity contribution in [3.63, 3.8) is 0 Å². The van der Waals surface area contributed by atoms with E-state index in [2.05, 4.69) is 25.2 Å². The van der Waals surface area contributed by atoms with Gasteiger partial charge < -0.3 is 14.8 Å². The van der Waals surface area contributed by atoms with Gasteiger partial charge in [-0.25, -0.2) is 15.0 Å². The molecule has 3 aromatic rings. The molecule has 0 radical (unpaired) electrons. The summed E-state index contributed by atoms with van der Waals surface area (Å²) in [5, 5.41) is 4.70. The maximum absolute atomic E-state index is 5.57. The van der Waals surface area contributed by atoms with Gasteiger partial charge in [-0.1, -0.05) is 11.3 Å². The first-order valence-electron chi connectivity index (χ1n) is 10.1. The second-order valence-electron chi connectivity index (χ2n) is 7.36. The third-order valence-electron chi connectivity index (χ3n) is 5.69. The van der Waals surface area contributed by atoms with Crippen LogP contribution in [-0.4, -0.2) is 56.5 Å². The lowest BCUT2D eigenvalue weighted by atomic mass is 9.90. The Morgan fingerprint density at radius 3 is 2.86 bits per heavy atom. The highest BCUT2D eigenvalue weighted by Crippen LogP contribution is 2.40. The Kier molecular flexibility index (Phi) is 5.00. The lowest BCUT2D eigenvalue weighted by Crippen LogP contribution is -2.40. The van der Waals surface area contributed by atoms with E-state index in [0.29, 0.717) is 6.61 Å². The summed E-state index contributed by atoms with van der Waals surface area (Å²) < 4.78 is 11.9. The van der Waals surface area contributed by atoms with Gasteiger partial charge in [0.2, 0.25) is 0 Å². The second-order valence-corrected chi connectivity index (χ2v) is 8.38. The fraction of sp³-hybridized carbons (Fsp3) is 0.550. The van der Waals surface area contributed by atoms with E-state index >= 15 is 0 Å². The molecule has 0 bridgehead atoms. The molecule has 28 heavy (non-hydrogen) atoms. The molecule has 0 unspecified atom stereocenters. The van der Waals surface area contributed by atoms with Crippen LogP contribution in [0, 0.1) is 0 Å². The van der Waals surface area contributed by atoms with Crippen LogP contribution in [0.25, 0.3) is 20.4 Å². The Morgan fingerprint density at radius 1 is 1.21 bits per heavy atom. The zero-order chi connectivity index (χ0) is 18.9. The molecular formula is C20H26N5O2S+. The van der Waals surface area contributed by atoms with Crippen molar-refractivity contribution in [3.05, 3.63) is 17.5 Å². The number of morpholine rings is 1. The third-order valence-corrected chi connectivity index (χ3v) is 6.79. The van der Waals surface area contributed by atoms with Crippen molar-refractivity contribution in [1.82, 2.24) is 9.97 Å². The van der Waals surface area contributed by atoms with Gasteiger partial charge in [-0.3, -0.25) is 4.90 Å². The normalized spacial score (nSPS) is 17.2. The summed E-state index contributed by atoms with van der Waals surface area (Å²) in [6.07, 6.45) is 6.44. The number of methoxy groups -OCH3 is 1. The highest BCUT2D eigenvalue weighted by Gasteiger charge is 2.30. The summed E-state index contributed by atoms with van der Waals surface area (Å²) in [5.74, 6) is 2.19. The maximum Gasteiger partial charge on any atom is 0.279 e. The Hall–Kier alpha value is -2.03. The number of pyridine rings is 1. The van der Waals surface area contributed by atoms with Gasteiger partial charge in [0.1, 0.15) is 29.9 Å². The Morgan fingerprint density at radius 2 is 2.04 bits per heavy atom. The molecule has 1 aliphatic carbocycles. The highest BCUT2D eigenvalue weighted by atomic mass is 32.1. The molecule has 1 saturated heterocycles. The van der Waals surface area contributed by atoms with Gasteiger partial charge in [0, 0.05) is 19.2 Å². The van der Waals surface area contributed by atoms with Gasteiger partial charge in [0.25, 0.3) is 5.82 Å². The van der Waals surface area contributed by atoms with Crippen molar-refractivity contribution < 1.29 is 14.5 Å². The number of anilines is 2. The van der Waals surface area contributed by atoms with Crippen LogP contribution in [0.4, 0.5) is 11.6 Å². The summed E-state index contributed by atoms with van der Waals surface area (Å²) in [7, 11) is 1.71. The minimum absolute atomic E-state index is 0.652. The van der Waals surface area contributed by atoms with Gasteiger partial charge in [-0.05, 0) is 31.2 Å². The predicted molar refractivity (Wildman–Crippen MR) is 112 cm³/mol. The quantitative estimate of drug-likeness (QED) is 0.663. The first kappa shape index (κ1) is 18.0. The first-order chi connectivity index (χ1) is 13.9. The van der Waals surface area contributed by atoms with Gasteiger partial charge in [0.15, 0.2) is 4.83 Å². The van der Waals surface area contributed by atoms with Crippen LogP contribution in [0.15, 0.2) is 6.33 Å². The molecule has 8 heteroatoms. The number of aromatic nitrogens is 3. The second kappa shape index (κ2) is 7.77. The third kappa shape index (κ3) is 3.09. The number of rotatable bonds is 5. The maximum atomic E-state index is 5.57. The largest absolute Gasteiger partial charge is 0.383 e. The monoisotopic (exact) mass is 400 g/mol. The minimum atomic E-state index is 0.652. The fourth-order valence-electron chi connectivity index (χ4n) is 4.36. The van der Waals surface area contributed by atoms with Crippen LogP contribution in [0.5, 0.6) is 0 Å². The Labute approximate surface area is 168 Å². The van der Waals surface area contributed by atoms with Crippen molar-refractivity contribution in [2.24, 2.45) is 0 Å². The van der Waals surface area contributed by atoms with Crippen molar-refractivity contribution in [1.29, 1.82) is 0 Å². The van der Waals surface area contributed by atoms with Crippen molar-refractivity contribution >= 4 is 43.4 Å². The molecule has 4 heterocycles. The SMILES string of the molecule is COCCNc1ncnc2c1sc1[nH+]c(N3CCOCC3)c3c(c12)CCCC3. The van der Waals surface area contributed by atoms with E-state index in [4.69, 9.17) is 9.47 Å². The molecule has 0 atom stereocenters. The number of aromatic amines is 1. The molecule has 7 nitrogen and oxygen atoms in total.